The first-order valence-corrected chi connectivity index (χ1v) is 10.2. The lowest BCUT2D eigenvalue weighted by atomic mass is 9.94. The van der Waals surface area contributed by atoms with Crippen LogP contribution < -0.4 is 10.6 Å². The number of esters is 1. The number of amides is 2. The van der Waals surface area contributed by atoms with Crippen molar-refractivity contribution < 1.29 is 14.3 Å². The molecule has 138 valence electrons. The smallest absolute Gasteiger partial charge is 0.314 e. The Labute approximate surface area is 149 Å². The lowest BCUT2D eigenvalue weighted by Crippen LogP contribution is -2.57. The number of urea groups is 1. The molecule has 0 unspecified atom stereocenters. The molecule has 2 fully saturated rings. The van der Waals surface area contributed by atoms with Crippen LogP contribution >= 0.6 is 11.8 Å². The molecule has 1 saturated heterocycles. The van der Waals surface area contributed by atoms with Crippen LogP contribution in [0.15, 0.2) is 0 Å². The van der Waals surface area contributed by atoms with E-state index in [9.17, 15) is 9.59 Å². The molecular weight excluding hydrogens is 326 g/mol. The van der Waals surface area contributed by atoms with E-state index >= 15 is 0 Å². The molecule has 6 nitrogen and oxygen atoms in total. The number of nitrogens with one attached hydrogen (secondary N) is 2. The molecule has 1 saturated carbocycles. The zero-order valence-corrected chi connectivity index (χ0v) is 15.6. The molecule has 2 N–H and O–H groups in total. The molecule has 0 bridgehead atoms. The third-order valence-corrected chi connectivity index (χ3v) is 6.06. The molecule has 1 aliphatic heterocycles. The zero-order valence-electron chi connectivity index (χ0n) is 14.8. The molecule has 2 rings (SSSR count). The Kier molecular flexibility index (Phi) is 8.18. The van der Waals surface area contributed by atoms with Gasteiger partial charge in [0, 0.05) is 49.6 Å². The minimum atomic E-state index is -0.192. The van der Waals surface area contributed by atoms with Crippen LogP contribution in [0, 0.1) is 0 Å². The fraction of sp³-hybridized carbons (Fsp3) is 0.882. The summed E-state index contributed by atoms with van der Waals surface area (Å²) in [6, 6.07) is -0.0919. The summed E-state index contributed by atoms with van der Waals surface area (Å²) in [5.41, 5.74) is 0.170. The van der Waals surface area contributed by atoms with E-state index in [-0.39, 0.29) is 17.5 Å². The largest absolute Gasteiger partial charge is 0.469 e. The van der Waals surface area contributed by atoms with Crippen LogP contribution in [0.25, 0.3) is 0 Å². The molecule has 2 aliphatic rings. The number of methoxy groups -OCH3 is 1. The minimum absolute atomic E-state index is 0.0919. The molecule has 0 spiro atoms. The molecule has 24 heavy (non-hydrogen) atoms. The van der Waals surface area contributed by atoms with Crippen molar-refractivity contribution in [3.05, 3.63) is 0 Å². The number of hydrogen-bond acceptors (Lipinski definition) is 5. The Hall–Kier alpha value is -0.950. The van der Waals surface area contributed by atoms with Crippen molar-refractivity contribution in [3.8, 4) is 0 Å². The van der Waals surface area contributed by atoms with Gasteiger partial charge in [-0.3, -0.25) is 9.69 Å². The summed E-state index contributed by atoms with van der Waals surface area (Å²) in [7, 11) is 1.40. The quantitative estimate of drug-likeness (QED) is 0.513. The van der Waals surface area contributed by atoms with Crippen molar-refractivity contribution in [2.75, 3.05) is 44.8 Å². The average molecular weight is 358 g/mol. The number of thioether (sulfide) groups is 1. The summed E-state index contributed by atoms with van der Waals surface area (Å²) >= 11 is 2.03. The highest BCUT2D eigenvalue weighted by Gasteiger charge is 2.40. The maximum atomic E-state index is 12.0. The van der Waals surface area contributed by atoms with E-state index in [1.165, 1.54) is 44.3 Å². The second-order valence-electron chi connectivity index (χ2n) is 6.67. The summed E-state index contributed by atoms with van der Waals surface area (Å²) in [5.74, 6) is 2.21. The highest BCUT2D eigenvalue weighted by atomic mass is 32.2. The highest BCUT2D eigenvalue weighted by molar-refractivity contribution is 7.99. The van der Waals surface area contributed by atoms with E-state index in [1.807, 2.05) is 11.8 Å². The summed E-state index contributed by atoms with van der Waals surface area (Å²) in [5, 5.41) is 5.98. The summed E-state index contributed by atoms with van der Waals surface area (Å²) < 4.78 is 4.60. The van der Waals surface area contributed by atoms with E-state index in [0.717, 1.165) is 32.5 Å². The monoisotopic (exact) mass is 357 g/mol. The van der Waals surface area contributed by atoms with Crippen LogP contribution in [0.5, 0.6) is 0 Å². The first-order chi connectivity index (χ1) is 11.7. The number of rotatable bonds is 8. The second-order valence-corrected chi connectivity index (χ2v) is 7.90. The first-order valence-electron chi connectivity index (χ1n) is 9.08. The van der Waals surface area contributed by atoms with Gasteiger partial charge in [-0.2, -0.15) is 11.8 Å². The van der Waals surface area contributed by atoms with E-state index in [2.05, 4.69) is 20.3 Å². The van der Waals surface area contributed by atoms with Crippen molar-refractivity contribution in [1.29, 1.82) is 0 Å². The van der Waals surface area contributed by atoms with Crippen molar-refractivity contribution in [1.82, 2.24) is 15.5 Å². The van der Waals surface area contributed by atoms with Gasteiger partial charge in [-0.15, -0.1) is 0 Å². The number of nitrogens with zero attached hydrogens (tertiary/aromatic N) is 1. The SMILES string of the molecule is COC(=O)CCCCNC(=O)NCC1(N2CCSCC2)CCCC1. The van der Waals surface area contributed by atoms with Crippen molar-refractivity contribution in [3.63, 3.8) is 0 Å². The van der Waals surface area contributed by atoms with Gasteiger partial charge in [-0.05, 0) is 25.7 Å². The van der Waals surface area contributed by atoms with Crippen LogP contribution in [0.2, 0.25) is 0 Å². The Balaban J connectivity index is 1.66. The summed E-state index contributed by atoms with van der Waals surface area (Å²) in [4.78, 5) is 25.7. The number of unbranched alkanes of at least 4 members (excludes halogenated alkanes) is 1. The third kappa shape index (κ3) is 5.84. The molecule has 0 aromatic rings. The van der Waals surface area contributed by atoms with Gasteiger partial charge in [0.2, 0.25) is 0 Å². The molecule has 2 amide bonds. The van der Waals surface area contributed by atoms with Crippen LogP contribution in [0.3, 0.4) is 0 Å². The average Bonchev–Trinajstić information content (AvgIpc) is 3.10. The molecular formula is C17H31N3O3S. The van der Waals surface area contributed by atoms with E-state index in [0.29, 0.717) is 13.0 Å². The molecule has 0 radical (unpaired) electrons. The Morgan fingerprint density at radius 3 is 2.50 bits per heavy atom. The fourth-order valence-electron chi connectivity index (χ4n) is 3.68. The normalized spacial score (nSPS) is 20.5. The zero-order chi connectivity index (χ0) is 17.3. The predicted octanol–water partition coefficient (Wildman–Crippen LogP) is 1.99. The van der Waals surface area contributed by atoms with Crippen molar-refractivity contribution in [2.45, 2.75) is 50.5 Å². The summed E-state index contributed by atoms with van der Waals surface area (Å²) in [6.07, 6.45) is 6.85. The Bertz CT molecular complexity index is 408. The van der Waals surface area contributed by atoms with Crippen LogP contribution in [-0.4, -0.2) is 67.2 Å². The lowest BCUT2D eigenvalue weighted by molar-refractivity contribution is -0.140. The van der Waals surface area contributed by atoms with Crippen LogP contribution in [-0.2, 0) is 9.53 Å². The first kappa shape index (κ1) is 19.4. The van der Waals surface area contributed by atoms with E-state index in [4.69, 9.17) is 0 Å². The van der Waals surface area contributed by atoms with E-state index < -0.39 is 0 Å². The van der Waals surface area contributed by atoms with Crippen LogP contribution in [0.4, 0.5) is 4.79 Å². The van der Waals surface area contributed by atoms with Gasteiger partial charge in [0.25, 0.3) is 0 Å². The maximum Gasteiger partial charge on any atom is 0.314 e. The topological polar surface area (TPSA) is 70.7 Å². The maximum absolute atomic E-state index is 12.0. The second kappa shape index (κ2) is 10.1. The van der Waals surface area contributed by atoms with Crippen molar-refractivity contribution in [2.24, 2.45) is 0 Å². The fourth-order valence-corrected chi connectivity index (χ4v) is 4.58. The summed E-state index contributed by atoms with van der Waals surface area (Å²) in [6.45, 7) is 3.62. The Morgan fingerprint density at radius 2 is 1.83 bits per heavy atom. The number of hydrogen-bond donors (Lipinski definition) is 2. The lowest BCUT2D eigenvalue weighted by Gasteiger charge is -2.43. The standard InChI is InChI=1S/C17H31N3O3S/c1-23-15(21)6-2-5-9-18-16(22)19-14-17(7-3-4-8-17)20-10-12-24-13-11-20/h2-14H2,1H3,(H2,18,19,22). The van der Waals surface area contributed by atoms with E-state index in [1.54, 1.807) is 0 Å². The molecule has 0 aromatic heterocycles. The van der Waals surface area contributed by atoms with Crippen molar-refractivity contribution >= 4 is 23.8 Å². The van der Waals surface area contributed by atoms with Gasteiger partial charge in [0.1, 0.15) is 0 Å². The molecule has 1 aliphatic carbocycles. The van der Waals surface area contributed by atoms with Crippen LogP contribution in [0.1, 0.15) is 44.9 Å². The number of carbonyl (C=O) groups is 2. The molecule has 0 atom stereocenters. The van der Waals surface area contributed by atoms with Gasteiger partial charge in [0.05, 0.1) is 7.11 Å². The Morgan fingerprint density at radius 1 is 1.12 bits per heavy atom. The minimum Gasteiger partial charge on any atom is -0.469 e. The van der Waals surface area contributed by atoms with Gasteiger partial charge < -0.3 is 15.4 Å². The van der Waals surface area contributed by atoms with Gasteiger partial charge >= 0.3 is 12.0 Å². The highest BCUT2D eigenvalue weighted by Crippen LogP contribution is 2.36. The predicted molar refractivity (Wildman–Crippen MR) is 97.4 cm³/mol. The number of carbonyl (C=O) groups excluding carboxylic acids is 2. The van der Waals surface area contributed by atoms with Gasteiger partial charge in [0.15, 0.2) is 0 Å². The molecule has 1 heterocycles. The van der Waals surface area contributed by atoms with Gasteiger partial charge in [-0.25, -0.2) is 4.79 Å². The molecule has 0 aromatic carbocycles. The number of ether oxygens (including phenoxy) is 1. The third-order valence-electron chi connectivity index (χ3n) is 5.12. The molecule has 7 heteroatoms. The van der Waals surface area contributed by atoms with Gasteiger partial charge in [-0.1, -0.05) is 12.8 Å².